The van der Waals surface area contributed by atoms with Crippen LogP contribution < -0.4 is 15.8 Å². The fourth-order valence-corrected chi connectivity index (χ4v) is 4.37. The fourth-order valence-electron chi connectivity index (χ4n) is 4.37. The summed E-state index contributed by atoms with van der Waals surface area (Å²) < 4.78 is 19.2. The summed E-state index contributed by atoms with van der Waals surface area (Å²) in [5.41, 5.74) is 10.9. The number of hydrogen-bond acceptors (Lipinski definition) is 4. The van der Waals surface area contributed by atoms with Crippen molar-refractivity contribution in [2.45, 2.75) is 18.9 Å². The van der Waals surface area contributed by atoms with Crippen molar-refractivity contribution in [3.8, 4) is 16.9 Å². The van der Waals surface area contributed by atoms with Gasteiger partial charge in [0.05, 0.1) is 6.61 Å². The van der Waals surface area contributed by atoms with Crippen LogP contribution in [0.15, 0.2) is 85.1 Å². The number of nitrogens with zero attached hydrogens (tertiary/aromatic N) is 1. The highest BCUT2D eigenvalue weighted by Crippen LogP contribution is 2.41. The predicted molar refractivity (Wildman–Crippen MR) is 130 cm³/mol. The molecule has 1 atom stereocenters. The number of fused-ring (bicyclic) bond motifs is 1. The van der Waals surface area contributed by atoms with Crippen molar-refractivity contribution in [3.63, 3.8) is 0 Å². The Balaban J connectivity index is 1.57. The minimum atomic E-state index is -0.898. The van der Waals surface area contributed by atoms with Crippen molar-refractivity contribution >= 4 is 11.6 Å². The Morgan fingerprint density at radius 1 is 1.03 bits per heavy atom. The van der Waals surface area contributed by atoms with Crippen molar-refractivity contribution in [2.75, 3.05) is 12.3 Å². The topological polar surface area (TPSA) is 77.2 Å². The number of nitrogens with two attached hydrogens (primary N) is 1. The van der Waals surface area contributed by atoms with E-state index in [1.165, 1.54) is 24.3 Å². The van der Waals surface area contributed by atoms with E-state index in [2.05, 4.69) is 10.3 Å². The fraction of sp³-hybridized carbons (Fsp3) is 0.143. The van der Waals surface area contributed by atoms with Gasteiger partial charge < -0.3 is 15.8 Å². The molecule has 0 unspecified atom stereocenters. The Bertz CT molecular complexity index is 1350. The molecule has 5 rings (SSSR count). The minimum absolute atomic E-state index is 0.311. The Hall–Kier alpha value is -4.19. The number of carbonyl (C=O) groups excluding carboxylic acids is 1. The quantitative estimate of drug-likeness (QED) is 0.415. The minimum Gasteiger partial charge on any atom is -0.491 e. The molecule has 34 heavy (non-hydrogen) atoms. The van der Waals surface area contributed by atoms with Crippen molar-refractivity contribution in [1.82, 2.24) is 10.3 Å². The lowest BCUT2D eigenvalue weighted by atomic mass is 9.80. The second kappa shape index (κ2) is 8.63. The number of nitrogens with one attached hydrogen (secondary N) is 1. The van der Waals surface area contributed by atoms with Gasteiger partial charge in [-0.2, -0.15) is 0 Å². The first-order chi connectivity index (χ1) is 16.5. The van der Waals surface area contributed by atoms with Crippen molar-refractivity contribution in [2.24, 2.45) is 0 Å². The van der Waals surface area contributed by atoms with E-state index in [9.17, 15) is 9.18 Å². The standard InChI is InChI=1S/C28H24FN3O2/c1-18-4-5-21(17-24(18)30)19-6-10-22(11-7-19)28(14-16-34-25-3-2-15-31-26(25)28)32-27(33)20-8-12-23(29)13-9-20/h2-13,15,17H,14,16,30H2,1H3,(H,32,33)/t28-/m0/s1. The van der Waals surface area contributed by atoms with Crippen LogP contribution in [0.3, 0.4) is 0 Å². The number of carbonyl (C=O) groups is 1. The highest BCUT2D eigenvalue weighted by atomic mass is 19.1. The Morgan fingerprint density at radius 3 is 2.50 bits per heavy atom. The summed E-state index contributed by atoms with van der Waals surface area (Å²) in [6.07, 6.45) is 2.19. The molecule has 0 saturated heterocycles. The first kappa shape index (κ1) is 21.6. The van der Waals surface area contributed by atoms with E-state index in [1.807, 2.05) is 61.5 Å². The summed E-state index contributed by atoms with van der Waals surface area (Å²) in [5.74, 6) is -0.0749. The molecule has 5 nitrogen and oxygen atoms in total. The SMILES string of the molecule is Cc1ccc(-c2ccc([C@@]3(NC(=O)c4ccc(F)cc4)CCOc4cccnc43)cc2)cc1N. The van der Waals surface area contributed by atoms with Crippen LogP contribution in [-0.2, 0) is 5.54 Å². The van der Waals surface area contributed by atoms with Crippen LogP contribution in [-0.4, -0.2) is 17.5 Å². The van der Waals surface area contributed by atoms with Gasteiger partial charge in [0.1, 0.15) is 22.8 Å². The number of anilines is 1. The Labute approximate surface area is 197 Å². The smallest absolute Gasteiger partial charge is 0.252 e. The van der Waals surface area contributed by atoms with Crippen LogP contribution >= 0.6 is 0 Å². The lowest BCUT2D eigenvalue weighted by Gasteiger charge is -2.39. The van der Waals surface area contributed by atoms with Gasteiger partial charge in [0, 0.05) is 23.9 Å². The van der Waals surface area contributed by atoms with Gasteiger partial charge in [0.15, 0.2) is 0 Å². The zero-order valence-corrected chi connectivity index (χ0v) is 18.7. The average Bonchev–Trinajstić information content (AvgIpc) is 2.86. The molecule has 0 spiro atoms. The highest BCUT2D eigenvalue weighted by Gasteiger charge is 2.42. The van der Waals surface area contributed by atoms with Crippen molar-refractivity contribution < 1.29 is 13.9 Å². The van der Waals surface area contributed by atoms with E-state index in [0.29, 0.717) is 30.0 Å². The lowest BCUT2D eigenvalue weighted by Crippen LogP contribution is -2.50. The molecule has 0 saturated carbocycles. The number of nitrogen functional groups attached to an aromatic ring is 1. The molecule has 1 aliphatic rings. The predicted octanol–water partition coefficient (Wildman–Crippen LogP) is 5.23. The van der Waals surface area contributed by atoms with Crippen LogP contribution in [0.2, 0.25) is 0 Å². The summed E-state index contributed by atoms with van der Waals surface area (Å²) in [4.78, 5) is 17.9. The first-order valence-corrected chi connectivity index (χ1v) is 11.1. The second-order valence-corrected chi connectivity index (χ2v) is 8.46. The van der Waals surface area contributed by atoms with E-state index < -0.39 is 11.4 Å². The molecule has 3 N–H and O–H groups in total. The third-order valence-electron chi connectivity index (χ3n) is 6.33. The van der Waals surface area contributed by atoms with Gasteiger partial charge in [-0.05, 0) is 71.6 Å². The second-order valence-electron chi connectivity index (χ2n) is 8.46. The zero-order valence-electron chi connectivity index (χ0n) is 18.7. The van der Waals surface area contributed by atoms with E-state index >= 15 is 0 Å². The molecule has 2 heterocycles. The first-order valence-electron chi connectivity index (χ1n) is 11.1. The molecule has 0 fully saturated rings. The zero-order chi connectivity index (χ0) is 23.7. The van der Waals surface area contributed by atoms with Gasteiger partial charge in [-0.1, -0.05) is 36.4 Å². The number of benzene rings is 3. The van der Waals surface area contributed by atoms with E-state index in [0.717, 1.165) is 27.9 Å². The largest absolute Gasteiger partial charge is 0.491 e. The number of aryl methyl sites for hydroxylation is 1. The highest BCUT2D eigenvalue weighted by molar-refractivity contribution is 5.95. The lowest BCUT2D eigenvalue weighted by molar-refractivity contribution is 0.0883. The van der Waals surface area contributed by atoms with Gasteiger partial charge in [0.2, 0.25) is 0 Å². The summed E-state index contributed by atoms with van der Waals surface area (Å²) in [7, 11) is 0. The summed E-state index contributed by atoms with van der Waals surface area (Å²) in [6, 6.07) is 23.2. The molecular formula is C28H24FN3O2. The molecule has 170 valence electrons. The number of amides is 1. The summed E-state index contributed by atoms with van der Waals surface area (Å²) >= 11 is 0. The summed E-state index contributed by atoms with van der Waals surface area (Å²) in [6.45, 7) is 2.39. The third kappa shape index (κ3) is 3.88. The van der Waals surface area contributed by atoms with E-state index in [1.54, 1.807) is 6.20 Å². The maximum Gasteiger partial charge on any atom is 0.252 e. The van der Waals surface area contributed by atoms with Gasteiger partial charge in [-0.25, -0.2) is 4.39 Å². The maximum absolute atomic E-state index is 13.4. The molecule has 0 aliphatic carbocycles. The number of pyridine rings is 1. The number of ether oxygens (including phenoxy) is 1. The molecule has 1 amide bonds. The molecule has 1 aliphatic heterocycles. The van der Waals surface area contributed by atoms with Gasteiger partial charge in [-0.15, -0.1) is 0 Å². The van der Waals surface area contributed by atoms with Crippen LogP contribution in [0.5, 0.6) is 5.75 Å². The van der Waals surface area contributed by atoms with E-state index in [-0.39, 0.29) is 5.91 Å². The van der Waals surface area contributed by atoms with Gasteiger partial charge in [-0.3, -0.25) is 9.78 Å². The van der Waals surface area contributed by atoms with Crippen LogP contribution in [0, 0.1) is 12.7 Å². The van der Waals surface area contributed by atoms with Gasteiger partial charge in [0.25, 0.3) is 5.91 Å². The molecule has 1 aromatic heterocycles. The Kier molecular flexibility index (Phi) is 5.49. The average molecular weight is 454 g/mol. The number of halogens is 1. The monoisotopic (exact) mass is 453 g/mol. The maximum atomic E-state index is 13.4. The number of rotatable bonds is 4. The molecular weight excluding hydrogens is 429 g/mol. The molecule has 0 bridgehead atoms. The third-order valence-corrected chi connectivity index (χ3v) is 6.33. The van der Waals surface area contributed by atoms with Gasteiger partial charge >= 0.3 is 0 Å². The summed E-state index contributed by atoms with van der Waals surface area (Å²) in [5, 5.41) is 3.19. The molecule has 0 radical (unpaired) electrons. The van der Waals surface area contributed by atoms with Crippen LogP contribution in [0.25, 0.3) is 11.1 Å². The van der Waals surface area contributed by atoms with Crippen molar-refractivity contribution in [3.05, 3.63) is 113 Å². The number of aromatic nitrogens is 1. The Morgan fingerprint density at radius 2 is 1.76 bits per heavy atom. The van der Waals surface area contributed by atoms with Crippen molar-refractivity contribution in [1.29, 1.82) is 0 Å². The molecule has 6 heteroatoms. The molecule has 3 aromatic carbocycles. The molecule has 4 aromatic rings. The number of hydrogen-bond donors (Lipinski definition) is 2. The normalized spacial score (nSPS) is 16.9. The van der Waals surface area contributed by atoms with Crippen LogP contribution in [0.1, 0.15) is 33.6 Å². The van der Waals surface area contributed by atoms with Crippen LogP contribution in [0.4, 0.5) is 10.1 Å². The van der Waals surface area contributed by atoms with E-state index in [4.69, 9.17) is 10.5 Å².